The SMILES string of the molecule is O=S(=O)(Cl)CC(OC(F)(F)C(F)(OCC(F)(F)F)C(F)(F)F)C(F)(F)F. The van der Waals surface area contributed by atoms with E-state index in [4.69, 9.17) is 0 Å². The largest absolute Gasteiger partial charge is 0.457 e. The molecular weight excluding hydrogens is 456 g/mol. The number of hydrogen-bond donors (Lipinski definition) is 0. The van der Waals surface area contributed by atoms with Gasteiger partial charge >= 0.3 is 30.5 Å². The van der Waals surface area contributed by atoms with Gasteiger partial charge in [-0.25, -0.2) is 8.42 Å². The highest BCUT2D eigenvalue weighted by Gasteiger charge is 2.76. The summed E-state index contributed by atoms with van der Waals surface area (Å²) in [6, 6.07) is 0. The molecule has 26 heavy (non-hydrogen) atoms. The molecule has 0 fully saturated rings. The van der Waals surface area contributed by atoms with Crippen LogP contribution in [0.3, 0.4) is 0 Å². The quantitative estimate of drug-likeness (QED) is 0.427. The molecule has 0 saturated carbocycles. The normalized spacial score (nSPS) is 18.5. The standard InChI is InChI=1S/C8H5ClF12O4S/c9-26(22,23)1-3(5(13,14)15)25-8(20,21)6(16,7(17,18)19)24-2-4(10,11)12/h3H,1-2H2. The topological polar surface area (TPSA) is 52.6 Å². The Bertz CT molecular complexity index is 582. The summed E-state index contributed by atoms with van der Waals surface area (Å²) in [6.07, 6.45) is -30.0. The Labute approximate surface area is 140 Å². The molecule has 0 aromatic heterocycles. The van der Waals surface area contributed by atoms with Gasteiger partial charge in [-0.2, -0.15) is 52.7 Å². The predicted octanol–water partition coefficient (Wildman–Crippen LogP) is 3.90. The van der Waals surface area contributed by atoms with Crippen molar-refractivity contribution in [1.29, 1.82) is 0 Å². The third kappa shape index (κ3) is 7.15. The fraction of sp³-hybridized carbons (Fsp3) is 1.00. The maximum Gasteiger partial charge on any atom is 0.457 e. The second kappa shape index (κ2) is 7.38. The summed E-state index contributed by atoms with van der Waals surface area (Å²) >= 11 is 0. The van der Waals surface area contributed by atoms with Crippen LogP contribution in [0.15, 0.2) is 0 Å². The zero-order valence-corrected chi connectivity index (χ0v) is 13.0. The molecule has 0 amide bonds. The van der Waals surface area contributed by atoms with Gasteiger partial charge in [0.1, 0.15) is 12.4 Å². The summed E-state index contributed by atoms with van der Waals surface area (Å²) in [5, 5.41) is 0. The van der Waals surface area contributed by atoms with Crippen molar-refractivity contribution in [2.24, 2.45) is 0 Å². The van der Waals surface area contributed by atoms with Crippen molar-refractivity contribution in [1.82, 2.24) is 0 Å². The maximum atomic E-state index is 13.5. The lowest BCUT2D eigenvalue weighted by Crippen LogP contribution is -2.61. The van der Waals surface area contributed by atoms with E-state index in [1.807, 2.05) is 0 Å². The third-order valence-corrected chi connectivity index (χ3v) is 3.26. The minimum absolute atomic E-state index is 2.43. The number of ether oxygens (including phenoxy) is 2. The van der Waals surface area contributed by atoms with Crippen LogP contribution >= 0.6 is 10.7 Å². The van der Waals surface area contributed by atoms with Crippen molar-refractivity contribution in [3.63, 3.8) is 0 Å². The van der Waals surface area contributed by atoms with Crippen LogP contribution in [-0.2, 0) is 18.5 Å². The van der Waals surface area contributed by atoms with E-state index >= 15 is 0 Å². The van der Waals surface area contributed by atoms with Gasteiger partial charge in [-0.15, -0.1) is 0 Å². The minimum atomic E-state index is -7.02. The van der Waals surface area contributed by atoms with E-state index < -0.39 is 58.0 Å². The summed E-state index contributed by atoms with van der Waals surface area (Å²) in [6.45, 7) is -3.29. The first-order valence-corrected chi connectivity index (χ1v) is 8.01. The smallest absolute Gasteiger partial charge is 0.323 e. The molecule has 0 aliphatic carbocycles. The van der Waals surface area contributed by atoms with Gasteiger partial charge in [0.15, 0.2) is 6.10 Å². The van der Waals surface area contributed by atoms with Crippen LogP contribution in [0, 0.1) is 0 Å². The first kappa shape index (κ1) is 25.3. The number of hydrogen-bond acceptors (Lipinski definition) is 4. The molecule has 18 heteroatoms. The Balaban J connectivity index is 5.91. The fourth-order valence-electron chi connectivity index (χ4n) is 1.14. The summed E-state index contributed by atoms with van der Waals surface area (Å²) < 4.78 is 176. The Morgan fingerprint density at radius 1 is 0.846 bits per heavy atom. The van der Waals surface area contributed by atoms with Gasteiger partial charge in [0.2, 0.25) is 9.05 Å². The first-order valence-electron chi connectivity index (χ1n) is 5.53. The van der Waals surface area contributed by atoms with Gasteiger partial charge in [-0.05, 0) is 0 Å². The van der Waals surface area contributed by atoms with Crippen molar-refractivity contribution in [3.8, 4) is 0 Å². The lowest BCUT2D eigenvalue weighted by atomic mass is 10.2. The number of alkyl halides is 12. The van der Waals surface area contributed by atoms with Crippen LogP contribution in [0.5, 0.6) is 0 Å². The molecule has 0 aromatic rings. The first-order chi connectivity index (χ1) is 11.0. The summed E-state index contributed by atoms with van der Waals surface area (Å²) in [7, 11) is -0.987. The van der Waals surface area contributed by atoms with Crippen LogP contribution in [0.4, 0.5) is 52.7 Å². The zero-order chi connectivity index (χ0) is 21.4. The van der Waals surface area contributed by atoms with Crippen molar-refractivity contribution < 1.29 is 70.6 Å². The average molecular weight is 461 g/mol. The van der Waals surface area contributed by atoms with Gasteiger partial charge < -0.3 is 9.47 Å². The van der Waals surface area contributed by atoms with Crippen molar-refractivity contribution >= 4 is 19.7 Å². The Hall–Kier alpha value is -0.680. The number of halogens is 13. The van der Waals surface area contributed by atoms with Crippen molar-refractivity contribution in [3.05, 3.63) is 0 Å². The molecule has 2 atom stereocenters. The van der Waals surface area contributed by atoms with Crippen LogP contribution in [0.25, 0.3) is 0 Å². The molecule has 0 spiro atoms. The van der Waals surface area contributed by atoms with E-state index in [0.29, 0.717) is 0 Å². The third-order valence-electron chi connectivity index (χ3n) is 2.18. The lowest BCUT2D eigenvalue weighted by molar-refractivity contribution is -0.478. The van der Waals surface area contributed by atoms with E-state index in [2.05, 4.69) is 20.2 Å². The van der Waals surface area contributed by atoms with Gasteiger partial charge in [-0.1, -0.05) is 0 Å². The highest BCUT2D eigenvalue weighted by Crippen LogP contribution is 2.49. The molecular formula is C8H5ClF12O4S. The Morgan fingerprint density at radius 2 is 1.27 bits per heavy atom. The molecule has 0 bridgehead atoms. The van der Waals surface area contributed by atoms with Gasteiger partial charge in [-0.3, -0.25) is 0 Å². The Morgan fingerprint density at radius 3 is 1.54 bits per heavy atom. The van der Waals surface area contributed by atoms with E-state index in [1.165, 1.54) is 0 Å². The molecule has 0 aliphatic heterocycles. The highest BCUT2D eigenvalue weighted by molar-refractivity contribution is 8.13. The summed E-state index contributed by atoms with van der Waals surface area (Å²) in [5.74, 6) is -9.30. The monoisotopic (exact) mass is 460 g/mol. The lowest BCUT2D eigenvalue weighted by Gasteiger charge is -2.36. The van der Waals surface area contributed by atoms with E-state index in [1.54, 1.807) is 0 Å². The highest BCUT2D eigenvalue weighted by atomic mass is 35.7. The molecule has 0 N–H and O–H groups in total. The second-order valence-corrected chi connectivity index (χ2v) is 7.19. The Kier molecular flexibility index (Phi) is 7.19. The van der Waals surface area contributed by atoms with Gasteiger partial charge in [0.25, 0.3) is 0 Å². The van der Waals surface area contributed by atoms with Crippen molar-refractivity contribution in [2.45, 2.75) is 36.6 Å². The molecule has 0 aromatic carbocycles. The molecule has 0 heterocycles. The molecule has 0 rings (SSSR count). The van der Waals surface area contributed by atoms with Crippen molar-refractivity contribution in [2.75, 3.05) is 12.4 Å². The van der Waals surface area contributed by atoms with Gasteiger partial charge in [0, 0.05) is 10.7 Å². The fourth-order valence-corrected chi connectivity index (χ4v) is 2.10. The summed E-state index contributed by atoms with van der Waals surface area (Å²) in [4.78, 5) is 0. The van der Waals surface area contributed by atoms with Crippen LogP contribution in [0.2, 0.25) is 0 Å². The van der Waals surface area contributed by atoms with E-state index in [0.717, 1.165) is 0 Å². The molecule has 2 unspecified atom stereocenters. The van der Waals surface area contributed by atoms with Crippen LogP contribution in [-0.4, -0.2) is 57.4 Å². The molecule has 158 valence electrons. The molecule has 4 nitrogen and oxygen atoms in total. The number of rotatable bonds is 7. The predicted molar refractivity (Wildman–Crippen MR) is 57.4 cm³/mol. The summed E-state index contributed by atoms with van der Waals surface area (Å²) in [5.41, 5.74) is 0. The second-order valence-electron chi connectivity index (χ2n) is 4.37. The van der Waals surface area contributed by atoms with E-state index in [-0.39, 0.29) is 0 Å². The molecule has 0 radical (unpaired) electrons. The minimum Gasteiger partial charge on any atom is -0.323 e. The van der Waals surface area contributed by atoms with E-state index in [9.17, 15) is 61.1 Å². The molecule has 0 saturated heterocycles. The zero-order valence-electron chi connectivity index (χ0n) is 11.4. The van der Waals surface area contributed by atoms with Gasteiger partial charge in [0.05, 0.1) is 0 Å². The van der Waals surface area contributed by atoms with Crippen LogP contribution < -0.4 is 0 Å². The molecule has 0 aliphatic rings. The van der Waals surface area contributed by atoms with Crippen LogP contribution in [0.1, 0.15) is 0 Å². The average Bonchev–Trinajstić information content (AvgIpc) is 2.29. The maximum absolute atomic E-state index is 13.5.